The van der Waals surface area contributed by atoms with E-state index < -0.39 is 0 Å². The molecule has 0 unspecified atom stereocenters. The predicted octanol–water partition coefficient (Wildman–Crippen LogP) is 5.19. The summed E-state index contributed by atoms with van der Waals surface area (Å²) in [6.45, 7) is 5.18. The fourth-order valence-corrected chi connectivity index (χ4v) is 4.15. The summed E-state index contributed by atoms with van der Waals surface area (Å²) in [6, 6.07) is 21.2. The number of aromatic amines is 1. The number of hydrogen-bond acceptors (Lipinski definition) is 4. The Hall–Kier alpha value is -3.80. The van der Waals surface area contributed by atoms with Crippen molar-refractivity contribution >= 4 is 11.0 Å². The van der Waals surface area contributed by atoms with E-state index in [2.05, 4.69) is 86.5 Å². The average Bonchev–Trinajstić information content (AvgIpc) is 3.45. The number of tetrazole rings is 1. The summed E-state index contributed by atoms with van der Waals surface area (Å²) in [4.78, 5) is 4.69. The summed E-state index contributed by atoms with van der Waals surface area (Å²) in [5, 5.41) is 15.8. The normalized spacial score (nSPS) is 11.3. The van der Waals surface area contributed by atoms with Gasteiger partial charge in [-0.15, -0.1) is 10.2 Å². The van der Waals surface area contributed by atoms with Crippen LogP contribution in [-0.2, 0) is 13.0 Å². The summed E-state index contributed by atoms with van der Waals surface area (Å²) in [5.41, 5.74) is 8.11. The van der Waals surface area contributed by atoms with Gasteiger partial charge in [0, 0.05) is 29.4 Å². The highest BCUT2D eigenvalue weighted by atomic mass is 15.5. The van der Waals surface area contributed by atoms with Gasteiger partial charge in [-0.2, -0.15) is 5.21 Å². The van der Waals surface area contributed by atoms with Gasteiger partial charge in [0.2, 0.25) is 5.82 Å². The third-order valence-electron chi connectivity index (χ3n) is 5.73. The van der Waals surface area contributed by atoms with Gasteiger partial charge in [0.25, 0.3) is 0 Å². The maximum Gasteiger partial charge on any atom is 0.205 e. The summed E-state index contributed by atoms with van der Waals surface area (Å²) in [7, 11) is 0. The van der Waals surface area contributed by atoms with Gasteiger partial charge in [0.1, 0.15) is 5.65 Å². The minimum absolute atomic E-state index is 0.601. The largest absolute Gasteiger partial charge is 0.325 e. The first-order valence-electron chi connectivity index (χ1n) is 10.6. The maximum absolute atomic E-state index is 4.69. The van der Waals surface area contributed by atoms with E-state index >= 15 is 0 Å². The number of nitrogens with zero attached hydrogens (tertiary/aromatic N) is 5. The maximum atomic E-state index is 4.69. The van der Waals surface area contributed by atoms with E-state index in [9.17, 15) is 0 Å². The monoisotopic (exact) mass is 408 g/mol. The van der Waals surface area contributed by atoms with Crippen LogP contribution in [0.4, 0.5) is 0 Å². The van der Waals surface area contributed by atoms with Crippen molar-refractivity contribution in [3.05, 3.63) is 83.7 Å². The molecule has 2 aromatic carbocycles. The topological polar surface area (TPSA) is 72.3 Å². The van der Waals surface area contributed by atoms with E-state index in [1.807, 2.05) is 24.4 Å². The Morgan fingerprint density at radius 2 is 1.77 bits per heavy atom. The third-order valence-corrected chi connectivity index (χ3v) is 5.73. The molecule has 0 bridgehead atoms. The number of aryl methyl sites for hydroxylation is 2. The zero-order chi connectivity index (χ0) is 21.2. The van der Waals surface area contributed by atoms with Crippen LogP contribution >= 0.6 is 0 Å². The summed E-state index contributed by atoms with van der Waals surface area (Å²) in [6.07, 6.45) is 4.06. The molecule has 0 atom stereocenters. The van der Waals surface area contributed by atoms with Crippen molar-refractivity contribution in [1.29, 1.82) is 0 Å². The minimum atomic E-state index is 0.601. The van der Waals surface area contributed by atoms with Gasteiger partial charge in [-0.1, -0.05) is 61.9 Å². The molecule has 0 saturated carbocycles. The highest BCUT2D eigenvalue weighted by Gasteiger charge is 2.13. The van der Waals surface area contributed by atoms with Crippen LogP contribution in [0.15, 0.2) is 66.9 Å². The lowest BCUT2D eigenvalue weighted by molar-refractivity contribution is 0.739. The number of H-pyrrole nitrogens is 1. The zero-order valence-corrected chi connectivity index (χ0v) is 17.7. The van der Waals surface area contributed by atoms with E-state index in [4.69, 9.17) is 0 Å². The fraction of sp³-hybridized carbons (Fsp3) is 0.200. The Bertz CT molecular complexity index is 1320. The fourth-order valence-electron chi connectivity index (χ4n) is 4.15. The molecular formula is C25H24N6. The third kappa shape index (κ3) is 3.61. The molecule has 5 rings (SSSR count). The molecule has 154 valence electrons. The lowest BCUT2D eigenvalue weighted by atomic mass is 9.98. The molecule has 5 aromatic rings. The van der Waals surface area contributed by atoms with Crippen LogP contribution in [-0.4, -0.2) is 30.2 Å². The first-order chi connectivity index (χ1) is 15.2. The molecule has 1 N–H and O–H groups in total. The van der Waals surface area contributed by atoms with Gasteiger partial charge < -0.3 is 4.57 Å². The molecule has 0 radical (unpaired) electrons. The van der Waals surface area contributed by atoms with E-state index in [1.54, 1.807) is 0 Å². The molecule has 31 heavy (non-hydrogen) atoms. The van der Waals surface area contributed by atoms with Crippen LogP contribution in [0.3, 0.4) is 0 Å². The molecule has 0 aliphatic heterocycles. The molecule has 0 aliphatic rings. The molecule has 3 heterocycles. The smallest absolute Gasteiger partial charge is 0.205 e. The lowest BCUT2D eigenvalue weighted by Crippen LogP contribution is -2.05. The Labute approximate surface area is 181 Å². The van der Waals surface area contributed by atoms with Crippen LogP contribution in [0.5, 0.6) is 0 Å². The average molecular weight is 409 g/mol. The highest BCUT2D eigenvalue weighted by molar-refractivity contribution is 5.82. The molecule has 0 fully saturated rings. The van der Waals surface area contributed by atoms with Crippen molar-refractivity contribution in [2.24, 2.45) is 0 Å². The van der Waals surface area contributed by atoms with E-state index in [-0.39, 0.29) is 0 Å². The molecule has 0 saturated heterocycles. The van der Waals surface area contributed by atoms with Crippen molar-refractivity contribution in [3.8, 4) is 22.5 Å². The highest BCUT2D eigenvalue weighted by Crippen LogP contribution is 2.30. The zero-order valence-electron chi connectivity index (χ0n) is 17.7. The van der Waals surface area contributed by atoms with Crippen LogP contribution < -0.4 is 0 Å². The van der Waals surface area contributed by atoms with Crippen LogP contribution in [0.1, 0.15) is 30.2 Å². The van der Waals surface area contributed by atoms with Crippen molar-refractivity contribution in [2.45, 2.75) is 33.2 Å². The van der Waals surface area contributed by atoms with Crippen molar-refractivity contribution in [3.63, 3.8) is 0 Å². The second-order valence-corrected chi connectivity index (χ2v) is 7.81. The Morgan fingerprint density at radius 3 is 2.52 bits per heavy atom. The second kappa shape index (κ2) is 8.14. The van der Waals surface area contributed by atoms with Gasteiger partial charge in [0.05, 0.1) is 0 Å². The SMILES string of the molecule is CCCc1cc2c(C)ccnc2n1Cc1ccc(-c2ccccc2-c2nn[nH]n2)cc1. The van der Waals surface area contributed by atoms with Crippen LogP contribution in [0, 0.1) is 6.92 Å². The number of pyridine rings is 1. The standard InChI is InChI=1S/C25H24N6/c1-3-6-20-15-23-17(2)13-14-26-25(23)31(20)16-18-9-11-19(12-10-18)21-7-4-5-8-22(21)24-27-29-30-28-24/h4-5,7-15H,3,6,16H2,1-2H3,(H,27,28,29,30). The Morgan fingerprint density at radius 1 is 0.968 bits per heavy atom. The molecule has 0 aliphatic carbocycles. The van der Waals surface area contributed by atoms with Crippen LogP contribution in [0.2, 0.25) is 0 Å². The minimum Gasteiger partial charge on any atom is -0.325 e. The number of hydrogen-bond donors (Lipinski definition) is 1. The second-order valence-electron chi connectivity index (χ2n) is 7.81. The van der Waals surface area contributed by atoms with Crippen molar-refractivity contribution in [1.82, 2.24) is 30.2 Å². The number of fused-ring (bicyclic) bond motifs is 1. The molecular weight excluding hydrogens is 384 g/mol. The van der Waals surface area contributed by atoms with Gasteiger partial charge in [-0.05, 0) is 52.9 Å². The van der Waals surface area contributed by atoms with E-state index in [0.29, 0.717) is 5.82 Å². The number of rotatable bonds is 6. The van der Waals surface area contributed by atoms with Crippen molar-refractivity contribution in [2.75, 3.05) is 0 Å². The van der Waals surface area contributed by atoms with Gasteiger partial charge >= 0.3 is 0 Å². The summed E-state index contributed by atoms with van der Waals surface area (Å²) < 4.78 is 2.36. The summed E-state index contributed by atoms with van der Waals surface area (Å²) in [5.74, 6) is 0.601. The van der Waals surface area contributed by atoms with Gasteiger partial charge in [0.15, 0.2) is 0 Å². The van der Waals surface area contributed by atoms with E-state index in [0.717, 1.165) is 41.7 Å². The van der Waals surface area contributed by atoms with Gasteiger partial charge in [-0.3, -0.25) is 0 Å². The first-order valence-corrected chi connectivity index (χ1v) is 10.6. The van der Waals surface area contributed by atoms with Gasteiger partial charge in [-0.25, -0.2) is 4.98 Å². The first kappa shape index (κ1) is 19.2. The molecule has 3 aromatic heterocycles. The Balaban J connectivity index is 1.49. The van der Waals surface area contributed by atoms with Crippen molar-refractivity contribution < 1.29 is 0 Å². The predicted molar refractivity (Wildman–Crippen MR) is 123 cm³/mol. The Kier molecular flexibility index (Phi) is 5.04. The lowest BCUT2D eigenvalue weighted by Gasteiger charge is -2.12. The number of nitrogens with one attached hydrogen (secondary N) is 1. The number of aromatic nitrogens is 6. The van der Waals surface area contributed by atoms with Crippen LogP contribution in [0.25, 0.3) is 33.5 Å². The quantitative estimate of drug-likeness (QED) is 0.419. The molecule has 6 nitrogen and oxygen atoms in total. The molecule has 6 heteroatoms. The molecule has 0 spiro atoms. The molecule has 0 amide bonds. The summed E-state index contributed by atoms with van der Waals surface area (Å²) >= 11 is 0. The van der Waals surface area contributed by atoms with E-state index in [1.165, 1.54) is 22.2 Å². The number of benzene rings is 2.